The van der Waals surface area contributed by atoms with Gasteiger partial charge in [-0.3, -0.25) is 14.9 Å². The summed E-state index contributed by atoms with van der Waals surface area (Å²) in [5.41, 5.74) is 4.83. The van der Waals surface area contributed by atoms with E-state index < -0.39 is 5.91 Å². The monoisotopic (exact) mass is 155 g/mol. The maximum Gasteiger partial charge on any atom is 0.301 e. The van der Waals surface area contributed by atoms with Crippen molar-refractivity contribution in [2.75, 3.05) is 5.32 Å². The molecule has 6 heteroatoms. The zero-order valence-electron chi connectivity index (χ0n) is 5.40. The fourth-order valence-electron chi connectivity index (χ4n) is 0.505. The lowest BCUT2D eigenvalue weighted by Crippen LogP contribution is -2.09. The number of hydrogen-bond acceptors (Lipinski definition) is 4. The molecule has 58 valence electrons. The number of anilines is 1. The molecule has 3 N–H and O–H groups in total. The molecule has 1 aromatic rings. The van der Waals surface area contributed by atoms with E-state index >= 15 is 0 Å². The van der Waals surface area contributed by atoms with Gasteiger partial charge in [0.25, 0.3) is 5.91 Å². The van der Waals surface area contributed by atoms with E-state index in [9.17, 15) is 9.59 Å². The van der Waals surface area contributed by atoms with Crippen LogP contribution in [0.25, 0.3) is 0 Å². The van der Waals surface area contributed by atoms with Gasteiger partial charge in [-0.15, -0.1) is 0 Å². The van der Waals surface area contributed by atoms with Crippen LogP contribution in [-0.4, -0.2) is 17.3 Å². The fraction of sp³-hybridized carbons (Fsp3) is 0. The fourth-order valence-corrected chi connectivity index (χ4v) is 0.505. The average Bonchev–Trinajstić information content (AvgIpc) is 2.37. The Morgan fingerprint density at radius 3 is 3.00 bits per heavy atom. The molecule has 0 aliphatic heterocycles. The molecule has 1 aromatic heterocycles. The summed E-state index contributed by atoms with van der Waals surface area (Å²) in [6, 6.07) is -0.0474. The van der Waals surface area contributed by atoms with Crippen LogP contribution in [0.3, 0.4) is 0 Å². The summed E-state index contributed by atoms with van der Waals surface area (Å²) < 4.78 is 4.66. The SMILES string of the molecule is NC(=O)c1cnc(NC=O)o1. The second-order valence-electron chi connectivity index (χ2n) is 1.66. The number of primary amides is 1. The smallest absolute Gasteiger partial charge is 0.301 e. The number of carbonyl (C=O) groups excluding carboxylic acids is 2. The van der Waals surface area contributed by atoms with Crippen LogP contribution >= 0.6 is 0 Å². The van der Waals surface area contributed by atoms with Gasteiger partial charge in [0, 0.05) is 0 Å². The molecule has 0 saturated carbocycles. The van der Waals surface area contributed by atoms with Crippen molar-refractivity contribution in [2.45, 2.75) is 0 Å². The first-order valence-corrected chi connectivity index (χ1v) is 2.70. The lowest BCUT2D eigenvalue weighted by molar-refractivity contribution is -0.105. The zero-order valence-corrected chi connectivity index (χ0v) is 5.40. The Kier molecular flexibility index (Phi) is 1.86. The lowest BCUT2D eigenvalue weighted by Gasteiger charge is -1.86. The van der Waals surface area contributed by atoms with Crippen molar-refractivity contribution in [3.05, 3.63) is 12.0 Å². The number of rotatable bonds is 3. The Balaban J connectivity index is 2.81. The third-order valence-electron chi connectivity index (χ3n) is 0.931. The number of carbonyl (C=O) groups is 2. The van der Waals surface area contributed by atoms with Crippen LogP contribution in [0.4, 0.5) is 6.01 Å². The van der Waals surface area contributed by atoms with Gasteiger partial charge in [-0.25, -0.2) is 4.98 Å². The van der Waals surface area contributed by atoms with Crippen molar-refractivity contribution in [1.82, 2.24) is 4.98 Å². The Morgan fingerprint density at radius 1 is 1.82 bits per heavy atom. The van der Waals surface area contributed by atoms with E-state index in [1.54, 1.807) is 0 Å². The van der Waals surface area contributed by atoms with Gasteiger partial charge in [0.05, 0.1) is 6.20 Å². The van der Waals surface area contributed by atoms with Crippen molar-refractivity contribution < 1.29 is 14.0 Å². The average molecular weight is 155 g/mol. The van der Waals surface area contributed by atoms with Gasteiger partial charge in [0.15, 0.2) is 0 Å². The molecule has 0 saturated heterocycles. The van der Waals surface area contributed by atoms with Crippen LogP contribution < -0.4 is 11.1 Å². The Morgan fingerprint density at radius 2 is 2.55 bits per heavy atom. The molecule has 0 fully saturated rings. The molecule has 1 rings (SSSR count). The number of nitrogens with zero attached hydrogens (tertiary/aromatic N) is 1. The largest absolute Gasteiger partial charge is 0.418 e. The van der Waals surface area contributed by atoms with Crippen molar-refractivity contribution in [3.63, 3.8) is 0 Å². The summed E-state index contributed by atoms with van der Waals surface area (Å²) in [5.74, 6) is -0.814. The standard InChI is InChI=1S/C5H5N3O3/c6-4(10)3-1-7-5(11-3)8-2-9/h1-2H,(H2,6,10)(H,7,8,9). The molecule has 2 amide bonds. The predicted octanol–water partition coefficient (Wildman–Crippen LogP) is -0.658. The van der Waals surface area contributed by atoms with E-state index in [-0.39, 0.29) is 11.8 Å². The first-order chi connectivity index (χ1) is 5.24. The third-order valence-corrected chi connectivity index (χ3v) is 0.931. The van der Waals surface area contributed by atoms with Gasteiger partial charge in [0.1, 0.15) is 0 Å². The van der Waals surface area contributed by atoms with Crippen LogP contribution in [0, 0.1) is 0 Å². The van der Waals surface area contributed by atoms with E-state index in [2.05, 4.69) is 14.7 Å². The van der Waals surface area contributed by atoms with Crippen LogP contribution in [0.1, 0.15) is 10.6 Å². The van der Waals surface area contributed by atoms with Crippen molar-refractivity contribution in [3.8, 4) is 0 Å². The van der Waals surface area contributed by atoms with Crippen LogP contribution in [-0.2, 0) is 4.79 Å². The minimum atomic E-state index is -0.726. The molecule has 0 aromatic carbocycles. The number of oxazole rings is 1. The van der Waals surface area contributed by atoms with Crippen molar-refractivity contribution in [2.24, 2.45) is 5.73 Å². The van der Waals surface area contributed by atoms with Gasteiger partial charge in [-0.1, -0.05) is 0 Å². The summed E-state index contributed by atoms with van der Waals surface area (Å²) in [5, 5.41) is 2.12. The van der Waals surface area contributed by atoms with Crippen LogP contribution in [0.5, 0.6) is 0 Å². The quantitative estimate of drug-likeness (QED) is 0.566. The number of nitrogens with two attached hydrogens (primary N) is 1. The Hall–Kier alpha value is -1.85. The third kappa shape index (κ3) is 1.54. The van der Waals surface area contributed by atoms with E-state index in [0.29, 0.717) is 6.41 Å². The van der Waals surface area contributed by atoms with Crippen molar-refractivity contribution >= 4 is 18.3 Å². The molecule has 0 aliphatic rings. The van der Waals surface area contributed by atoms with E-state index in [1.807, 2.05) is 0 Å². The predicted molar refractivity (Wildman–Crippen MR) is 34.7 cm³/mol. The van der Waals surface area contributed by atoms with E-state index in [1.165, 1.54) is 0 Å². The van der Waals surface area contributed by atoms with E-state index in [4.69, 9.17) is 5.73 Å². The van der Waals surface area contributed by atoms with Crippen LogP contribution in [0.15, 0.2) is 10.6 Å². The minimum absolute atomic E-state index is 0.0474. The lowest BCUT2D eigenvalue weighted by atomic mass is 10.5. The molecule has 1 heterocycles. The maximum absolute atomic E-state index is 10.4. The van der Waals surface area contributed by atoms with Gasteiger partial charge in [-0.2, -0.15) is 0 Å². The maximum atomic E-state index is 10.4. The summed E-state index contributed by atoms with van der Waals surface area (Å²) in [6.45, 7) is 0. The first-order valence-electron chi connectivity index (χ1n) is 2.70. The molecule has 0 bridgehead atoms. The molecule has 0 atom stereocenters. The number of amides is 2. The molecule has 6 nitrogen and oxygen atoms in total. The summed E-state index contributed by atoms with van der Waals surface area (Å²) in [6.07, 6.45) is 1.52. The summed E-state index contributed by atoms with van der Waals surface area (Å²) in [7, 11) is 0. The van der Waals surface area contributed by atoms with Gasteiger partial charge in [0.2, 0.25) is 12.2 Å². The molecule has 0 unspecified atom stereocenters. The topological polar surface area (TPSA) is 98.2 Å². The molecule has 11 heavy (non-hydrogen) atoms. The van der Waals surface area contributed by atoms with Gasteiger partial charge < -0.3 is 10.2 Å². The Bertz CT molecular complexity index is 280. The first kappa shape index (κ1) is 7.26. The zero-order chi connectivity index (χ0) is 8.27. The highest BCUT2D eigenvalue weighted by atomic mass is 16.4. The van der Waals surface area contributed by atoms with E-state index in [0.717, 1.165) is 6.20 Å². The summed E-state index contributed by atoms with van der Waals surface area (Å²) in [4.78, 5) is 23.7. The number of aromatic nitrogens is 1. The summed E-state index contributed by atoms with van der Waals surface area (Å²) >= 11 is 0. The molecular formula is C5H5N3O3. The highest BCUT2D eigenvalue weighted by Gasteiger charge is 2.06. The molecule has 0 aliphatic carbocycles. The van der Waals surface area contributed by atoms with Gasteiger partial charge >= 0.3 is 6.01 Å². The minimum Gasteiger partial charge on any atom is -0.418 e. The van der Waals surface area contributed by atoms with Crippen molar-refractivity contribution in [1.29, 1.82) is 0 Å². The second kappa shape index (κ2) is 2.82. The molecule has 0 spiro atoms. The Labute approximate surface area is 61.4 Å². The normalized spacial score (nSPS) is 9.09. The highest BCUT2D eigenvalue weighted by molar-refractivity contribution is 5.89. The van der Waals surface area contributed by atoms with Crippen LogP contribution in [0.2, 0.25) is 0 Å². The second-order valence-corrected chi connectivity index (χ2v) is 1.66. The number of nitrogens with one attached hydrogen (secondary N) is 1. The highest BCUT2D eigenvalue weighted by Crippen LogP contribution is 2.05. The molecule has 0 radical (unpaired) electrons. The molecular weight excluding hydrogens is 150 g/mol. The van der Waals surface area contributed by atoms with Gasteiger partial charge in [-0.05, 0) is 0 Å². The number of hydrogen-bond donors (Lipinski definition) is 2.